The Kier molecular flexibility index (Phi) is 4.98. The molecule has 2 N–H and O–H groups in total. The number of hydrogen-bond donors (Lipinski definition) is 2. The summed E-state index contributed by atoms with van der Waals surface area (Å²) in [5, 5.41) is 12.6. The minimum atomic E-state index is -0.462. The van der Waals surface area contributed by atoms with Crippen LogP contribution in [0.1, 0.15) is 23.2 Å². The third kappa shape index (κ3) is 3.95. The number of carbonyl (C=O) groups is 2. The van der Waals surface area contributed by atoms with Crippen molar-refractivity contribution in [3.8, 4) is 0 Å². The van der Waals surface area contributed by atoms with Crippen LogP contribution in [0.3, 0.4) is 0 Å². The number of nitrogens with one attached hydrogen (secondary N) is 1. The van der Waals surface area contributed by atoms with Gasteiger partial charge in [0.2, 0.25) is 5.91 Å². The van der Waals surface area contributed by atoms with E-state index in [1.165, 1.54) is 0 Å². The second-order valence-electron chi connectivity index (χ2n) is 4.83. The van der Waals surface area contributed by atoms with Crippen LogP contribution in [-0.4, -0.2) is 47.6 Å². The molecule has 0 aromatic heterocycles. The van der Waals surface area contributed by atoms with Gasteiger partial charge in [0, 0.05) is 23.7 Å². The van der Waals surface area contributed by atoms with Crippen LogP contribution in [0.4, 0.5) is 0 Å². The monoisotopic (exact) mass is 296 g/mol. The Balaban J connectivity index is 1.85. The molecule has 2 rings (SSSR count). The van der Waals surface area contributed by atoms with Gasteiger partial charge in [0.1, 0.15) is 0 Å². The van der Waals surface area contributed by atoms with Crippen molar-refractivity contribution in [3.05, 3.63) is 34.9 Å². The van der Waals surface area contributed by atoms with Crippen molar-refractivity contribution in [3.63, 3.8) is 0 Å². The molecule has 5 nitrogen and oxygen atoms in total. The number of hydrogen-bond acceptors (Lipinski definition) is 3. The molecule has 1 aromatic carbocycles. The number of aliphatic hydroxyl groups is 1. The maximum absolute atomic E-state index is 11.9. The molecule has 1 aromatic rings. The van der Waals surface area contributed by atoms with Crippen LogP contribution < -0.4 is 5.32 Å². The fourth-order valence-electron chi connectivity index (χ4n) is 2.18. The van der Waals surface area contributed by atoms with E-state index in [0.717, 1.165) is 12.8 Å². The van der Waals surface area contributed by atoms with Crippen LogP contribution in [0.5, 0.6) is 0 Å². The van der Waals surface area contributed by atoms with Gasteiger partial charge in [-0.1, -0.05) is 17.7 Å². The molecular formula is C14H17ClN2O3. The lowest BCUT2D eigenvalue weighted by Gasteiger charge is -2.30. The summed E-state index contributed by atoms with van der Waals surface area (Å²) in [6.07, 6.45) is 1.05. The molecule has 2 amide bonds. The van der Waals surface area contributed by atoms with Crippen LogP contribution in [0.15, 0.2) is 24.3 Å². The number of piperidine rings is 1. The van der Waals surface area contributed by atoms with Crippen LogP contribution in [0.2, 0.25) is 5.02 Å². The Bertz CT molecular complexity index is 507. The van der Waals surface area contributed by atoms with Crippen molar-refractivity contribution in [2.24, 2.45) is 0 Å². The number of carbonyl (C=O) groups excluding carboxylic acids is 2. The Morgan fingerprint density at radius 2 is 2.25 bits per heavy atom. The van der Waals surface area contributed by atoms with Crippen molar-refractivity contribution in [1.82, 2.24) is 10.2 Å². The fourth-order valence-corrected chi connectivity index (χ4v) is 2.37. The number of likely N-dealkylation sites (tertiary alicyclic amines) is 1. The van der Waals surface area contributed by atoms with Gasteiger partial charge in [-0.05, 0) is 31.0 Å². The Labute approximate surface area is 122 Å². The van der Waals surface area contributed by atoms with Crippen molar-refractivity contribution in [2.75, 3.05) is 19.6 Å². The number of rotatable bonds is 3. The molecule has 1 heterocycles. The van der Waals surface area contributed by atoms with Gasteiger partial charge in [-0.15, -0.1) is 0 Å². The van der Waals surface area contributed by atoms with E-state index >= 15 is 0 Å². The molecule has 1 aliphatic rings. The van der Waals surface area contributed by atoms with Crippen LogP contribution in [-0.2, 0) is 4.79 Å². The largest absolute Gasteiger partial charge is 0.391 e. The summed E-state index contributed by atoms with van der Waals surface area (Å²) in [4.78, 5) is 25.4. The van der Waals surface area contributed by atoms with Gasteiger partial charge in [-0.2, -0.15) is 0 Å². The lowest BCUT2D eigenvalue weighted by atomic mass is 10.1. The van der Waals surface area contributed by atoms with Gasteiger partial charge in [-0.3, -0.25) is 9.59 Å². The summed E-state index contributed by atoms with van der Waals surface area (Å²) in [7, 11) is 0. The highest BCUT2D eigenvalue weighted by atomic mass is 35.5. The lowest BCUT2D eigenvalue weighted by molar-refractivity contribution is -0.133. The second kappa shape index (κ2) is 6.72. The third-order valence-electron chi connectivity index (χ3n) is 3.24. The van der Waals surface area contributed by atoms with E-state index in [1.54, 1.807) is 29.2 Å². The van der Waals surface area contributed by atoms with Gasteiger partial charge in [0.25, 0.3) is 5.91 Å². The highest BCUT2D eigenvalue weighted by Crippen LogP contribution is 2.11. The molecule has 20 heavy (non-hydrogen) atoms. The summed E-state index contributed by atoms with van der Waals surface area (Å²) in [6, 6.07) is 6.54. The van der Waals surface area contributed by atoms with E-state index in [2.05, 4.69) is 5.32 Å². The standard InChI is InChI=1S/C14H17ClN2O3/c15-11-4-1-3-10(7-11)14(20)16-8-13(19)17-6-2-5-12(18)9-17/h1,3-4,7,12,18H,2,5-6,8-9H2,(H,16,20). The summed E-state index contributed by atoms with van der Waals surface area (Å²) in [6.45, 7) is 0.896. The molecule has 1 unspecified atom stereocenters. The number of amides is 2. The highest BCUT2D eigenvalue weighted by molar-refractivity contribution is 6.30. The minimum absolute atomic E-state index is 0.0714. The molecule has 0 spiro atoms. The van der Waals surface area contributed by atoms with E-state index < -0.39 is 6.10 Å². The molecule has 1 fully saturated rings. The zero-order valence-corrected chi connectivity index (χ0v) is 11.8. The molecule has 0 aliphatic carbocycles. The van der Waals surface area contributed by atoms with Crippen molar-refractivity contribution in [2.45, 2.75) is 18.9 Å². The van der Waals surface area contributed by atoms with Crippen LogP contribution in [0.25, 0.3) is 0 Å². The average Bonchev–Trinajstić information content (AvgIpc) is 2.44. The van der Waals surface area contributed by atoms with Gasteiger partial charge in [-0.25, -0.2) is 0 Å². The summed E-state index contributed by atoms with van der Waals surface area (Å²) < 4.78 is 0. The summed E-state index contributed by atoms with van der Waals surface area (Å²) in [5.41, 5.74) is 0.420. The quantitative estimate of drug-likeness (QED) is 0.876. The smallest absolute Gasteiger partial charge is 0.251 e. The first kappa shape index (κ1) is 14.8. The van der Waals surface area contributed by atoms with Gasteiger partial charge >= 0.3 is 0 Å². The molecule has 0 bridgehead atoms. The van der Waals surface area contributed by atoms with E-state index in [4.69, 9.17) is 11.6 Å². The van der Waals surface area contributed by atoms with Crippen LogP contribution in [0, 0.1) is 0 Å². The van der Waals surface area contributed by atoms with Crippen LogP contribution >= 0.6 is 11.6 Å². The van der Waals surface area contributed by atoms with Crippen molar-refractivity contribution in [1.29, 1.82) is 0 Å². The van der Waals surface area contributed by atoms with Gasteiger partial charge in [0.05, 0.1) is 12.6 Å². The third-order valence-corrected chi connectivity index (χ3v) is 3.47. The number of β-amino-alcohol motifs (C(OH)–C–C–N with tert-alkyl or cyclic N) is 1. The van der Waals surface area contributed by atoms with Gasteiger partial charge < -0.3 is 15.3 Å². The van der Waals surface area contributed by atoms with Crippen molar-refractivity contribution >= 4 is 23.4 Å². The van der Waals surface area contributed by atoms with E-state index in [0.29, 0.717) is 23.7 Å². The molecule has 1 aliphatic heterocycles. The predicted molar refractivity (Wildman–Crippen MR) is 75.6 cm³/mol. The van der Waals surface area contributed by atoms with Gasteiger partial charge in [0.15, 0.2) is 0 Å². The lowest BCUT2D eigenvalue weighted by Crippen LogP contribution is -2.46. The first-order chi connectivity index (χ1) is 9.56. The summed E-state index contributed by atoms with van der Waals surface area (Å²) >= 11 is 5.81. The SMILES string of the molecule is O=C(NCC(=O)N1CCCC(O)C1)c1cccc(Cl)c1. The maximum Gasteiger partial charge on any atom is 0.251 e. The topological polar surface area (TPSA) is 69.6 Å². The zero-order chi connectivity index (χ0) is 14.5. The average molecular weight is 297 g/mol. The number of aliphatic hydroxyl groups excluding tert-OH is 1. The first-order valence-corrected chi connectivity index (χ1v) is 6.93. The Hall–Kier alpha value is -1.59. The predicted octanol–water partition coefficient (Wildman–Crippen LogP) is 1.05. The van der Waals surface area contributed by atoms with E-state index in [9.17, 15) is 14.7 Å². The highest BCUT2D eigenvalue weighted by Gasteiger charge is 2.22. The normalized spacial score (nSPS) is 18.7. The number of benzene rings is 1. The molecule has 0 saturated carbocycles. The molecule has 6 heteroatoms. The first-order valence-electron chi connectivity index (χ1n) is 6.56. The van der Waals surface area contributed by atoms with E-state index in [1.807, 2.05) is 0 Å². The molecule has 108 valence electrons. The second-order valence-corrected chi connectivity index (χ2v) is 5.27. The van der Waals surface area contributed by atoms with Crippen molar-refractivity contribution < 1.29 is 14.7 Å². The number of nitrogens with zero attached hydrogens (tertiary/aromatic N) is 1. The Morgan fingerprint density at radius 1 is 1.45 bits per heavy atom. The molecule has 1 saturated heterocycles. The zero-order valence-electron chi connectivity index (χ0n) is 11.0. The number of halogens is 1. The molecule has 1 atom stereocenters. The Morgan fingerprint density at radius 3 is 2.95 bits per heavy atom. The minimum Gasteiger partial charge on any atom is -0.391 e. The molecule has 0 radical (unpaired) electrons. The molecular weight excluding hydrogens is 280 g/mol. The maximum atomic E-state index is 11.9. The van der Waals surface area contributed by atoms with E-state index in [-0.39, 0.29) is 18.4 Å². The fraction of sp³-hybridized carbons (Fsp3) is 0.429. The summed E-state index contributed by atoms with van der Waals surface area (Å²) in [5.74, 6) is -0.516.